The lowest BCUT2D eigenvalue weighted by atomic mass is 9.91. The number of amides is 1. The van der Waals surface area contributed by atoms with Gasteiger partial charge in [0, 0.05) is 37.9 Å². The van der Waals surface area contributed by atoms with E-state index in [2.05, 4.69) is 20.6 Å². The molecule has 1 heterocycles. The molecule has 1 aromatic heterocycles. The van der Waals surface area contributed by atoms with Crippen molar-refractivity contribution in [2.75, 3.05) is 31.4 Å². The second kappa shape index (κ2) is 8.70. The highest BCUT2D eigenvalue weighted by Crippen LogP contribution is 2.22. The van der Waals surface area contributed by atoms with Gasteiger partial charge in [0.25, 0.3) is 5.91 Å². The lowest BCUT2D eigenvalue weighted by Crippen LogP contribution is -2.40. The van der Waals surface area contributed by atoms with E-state index >= 15 is 0 Å². The fraction of sp³-hybridized carbons (Fsp3) is 0.450. The maximum Gasteiger partial charge on any atom is 0.251 e. The third kappa shape index (κ3) is 5.09. The zero-order valence-electron chi connectivity index (χ0n) is 16.1. The molecule has 0 spiro atoms. The molecule has 1 aliphatic carbocycles. The van der Waals surface area contributed by atoms with Gasteiger partial charge in [-0.05, 0) is 49.9 Å². The maximum absolute atomic E-state index is 12.4. The molecule has 0 unspecified atom stereocenters. The van der Waals surface area contributed by atoms with E-state index in [-0.39, 0.29) is 11.9 Å². The summed E-state index contributed by atoms with van der Waals surface area (Å²) in [6, 6.07) is 9.63. The maximum atomic E-state index is 12.4. The van der Waals surface area contributed by atoms with Crippen LogP contribution in [0, 0.1) is 0 Å². The Labute approximate surface area is 160 Å². The van der Waals surface area contributed by atoms with Gasteiger partial charge in [0.15, 0.2) is 0 Å². The molecule has 0 atom stereocenters. The highest BCUT2D eigenvalue weighted by Gasteiger charge is 2.23. The molecule has 0 radical (unpaired) electrons. The van der Waals surface area contributed by atoms with Crippen LogP contribution in [0.1, 0.15) is 36.0 Å². The van der Waals surface area contributed by atoms with E-state index in [0.29, 0.717) is 23.3 Å². The number of rotatable bonds is 6. The Bertz CT molecular complexity index is 772. The molecule has 7 heteroatoms. The fourth-order valence-electron chi connectivity index (χ4n) is 3.27. The van der Waals surface area contributed by atoms with Gasteiger partial charge in [-0.1, -0.05) is 6.07 Å². The van der Waals surface area contributed by atoms with Crippen LogP contribution >= 0.6 is 0 Å². The van der Waals surface area contributed by atoms with Gasteiger partial charge in [-0.2, -0.15) is 4.98 Å². The predicted molar refractivity (Wildman–Crippen MR) is 106 cm³/mol. The second-order valence-electron chi connectivity index (χ2n) is 7.03. The van der Waals surface area contributed by atoms with Gasteiger partial charge < -0.3 is 20.3 Å². The van der Waals surface area contributed by atoms with E-state index in [4.69, 9.17) is 4.74 Å². The first-order valence-electron chi connectivity index (χ1n) is 9.27. The van der Waals surface area contributed by atoms with Crippen molar-refractivity contribution in [3.05, 3.63) is 42.1 Å². The summed E-state index contributed by atoms with van der Waals surface area (Å²) in [6.07, 6.45) is 5.57. The van der Waals surface area contributed by atoms with Crippen LogP contribution < -0.4 is 20.3 Å². The minimum absolute atomic E-state index is 0.0488. The Morgan fingerprint density at radius 3 is 2.59 bits per heavy atom. The number of hydrogen-bond donors (Lipinski definition) is 2. The Balaban J connectivity index is 1.50. The molecule has 7 nitrogen and oxygen atoms in total. The molecular formula is C20H27N5O2. The van der Waals surface area contributed by atoms with E-state index in [9.17, 15) is 4.79 Å². The molecule has 1 fully saturated rings. The lowest BCUT2D eigenvalue weighted by Gasteiger charge is -2.29. The molecule has 3 rings (SSSR count). The minimum Gasteiger partial charge on any atom is -0.497 e. The second-order valence-corrected chi connectivity index (χ2v) is 7.03. The predicted octanol–water partition coefficient (Wildman–Crippen LogP) is 2.70. The molecule has 1 amide bonds. The minimum atomic E-state index is -0.0488. The summed E-state index contributed by atoms with van der Waals surface area (Å²) in [4.78, 5) is 23.2. The average molecular weight is 369 g/mol. The van der Waals surface area contributed by atoms with Crippen molar-refractivity contribution in [3.8, 4) is 5.75 Å². The normalized spacial score (nSPS) is 19.2. The summed E-state index contributed by atoms with van der Waals surface area (Å²) in [7, 11) is 5.52. The van der Waals surface area contributed by atoms with Crippen LogP contribution in [0.3, 0.4) is 0 Å². The van der Waals surface area contributed by atoms with Crippen LogP contribution in [0.5, 0.6) is 5.75 Å². The van der Waals surface area contributed by atoms with Gasteiger partial charge in [-0.15, -0.1) is 0 Å². The van der Waals surface area contributed by atoms with E-state index in [1.54, 1.807) is 25.4 Å². The van der Waals surface area contributed by atoms with Crippen molar-refractivity contribution in [2.24, 2.45) is 0 Å². The SMILES string of the molecule is COc1cccc(C(=O)N[C@H]2CC[C@@H](Nc3nccc(N(C)C)n3)CC2)c1. The van der Waals surface area contributed by atoms with Crippen LogP contribution in [0.4, 0.5) is 11.8 Å². The van der Waals surface area contributed by atoms with Crippen molar-refractivity contribution in [3.63, 3.8) is 0 Å². The van der Waals surface area contributed by atoms with Gasteiger partial charge >= 0.3 is 0 Å². The van der Waals surface area contributed by atoms with Gasteiger partial charge in [-0.3, -0.25) is 4.79 Å². The Hall–Kier alpha value is -2.83. The standard InChI is InChI=1S/C20H27N5O2/c1-25(2)18-11-12-21-20(24-18)23-16-9-7-15(8-10-16)22-19(26)14-5-4-6-17(13-14)27-3/h4-6,11-13,15-16H,7-10H2,1-3H3,(H,22,26)(H,21,23,24)/t15-,16+. The number of benzene rings is 1. The quantitative estimate of drug-likeness (QED) is 0.815. The van der Waals surface area contributed by atoms with Crippen LogP contribution in [0.25, 0.3) is 0 Å². The van der Waals surface area contributed by atoms with Gasteiger partial charge in [0.2, 0.25) is 5.95 Å². The number of methoxy groups -OCH3 is 1. The summed E-state index contributed by atoms with van der Waals surface area (Å²) in [5.74, 6) is 2.18. The highest BCUT2D eigenvalue weighted by atomic mass is 16.5. The smallest absolute Gasteiger partial charge is 0.251 e. The van der Waals surface area contributed by atoms with Crippen LogP contribution in [0.15, 0.2) is 36.5 Å². The number of ether oxygens (including phenoxy) is 1. The molecule has 0 saturated heterocycles. The highest BCUT2D eigenvalue weighted by molar-refractivity contribution is 5.94. The largest absolute Gasteiger partial charge is 0.497 e. The van der Waals surface area contributed by atoms with E-state index < -0.39 is 0 Å². The third-order valence-corrected chi connectivity index (χ3v) is 4.83. The van der Waals surface area contributed by atoms with Crippen molar-refractivity contribution < 1.29 is 9.53 Å². The summed E-state index contributed by atoms with van der Waals surface area (Å²) in [5.41, 5.74) is 0.628. The first kappa shape index (κ1) is 18.9. The number of nitrogens with one attached hydrogen (secondary N) is 2. The summed E-state index contributed by atoms with van der Waals surface area (Å²) in [5, 5.41) is 6.55. The van der Waals surface area contributed by atoms with E-state index in [0.717, 1.165) is 31.5 Å². The summed E-state index contributed by atoms with van der Waals surface area (Å²) >= 11 is 0. The molecule has 2 N–H and O–H groups in total. The van der Waals surface area contributed by atoms with Gasteiger partial charge in [0.05, 0.1) is 7.11 Å². The van der Waals surface area contributed by atoms with E-state index in [1.807, 2.05) is 37.2 Å². The molecule has 0 bridgehead atoms. The third-order valence-electron chi connectivity index (χ3n) is 4.83. The van der Waals surface area contributed by atoms with Crippen LogP contribution in [0.2, 0.25) is 0 Å². The van der Waals surface area contributed by atoms with Crippen molar-refractivity contribution in [1.29, 1.82) is 0 Å². The number of nitrogens with zero attached hydrogens (tertiary/aromatic N) is 3. The molecule has 1 aromatic carbocycles. The monoisotopic (exact) mass is 369 g/mol. The number of anilines is 2. The van der Waals surface area contributed by atoms with E-state index in [1.165, 1.54) is 0 Å². The molecular weight excluding hydrogens is 342 g/mol. The van der Waals surface area contributed by atoms with Crippen LogP contribution in [-0.4, -0.2) is 49.2 Å². The Morgan fingerprint density at radius 2 is 1.89 bits per heavy atom. The lowest BCUT2D eigenvalue weighted by molar-refractivity contribution is 0.0926. The van der Waals surface area contributed by atoms with Gasteiger partial charge in [0.1, 0.15) is 11.6 Å². The average Bonchev–Trinajstić information content (AvgIpc) is 2.69. The number of aromatic nitrogens is 2. The molecule has 0 aliphatic heterocycles. The summed E-state index contributed by atoms with van der Waals surface area (Å²) < 4.78 is 5.19. The Morgan fingerprint density at radius 1 is 1.15 bits per heavy atom. The topological polar surface area (TPSA) is 79.4 Å². The zero-order valence-corrected chi connectivity index (χ0v) is 16.1. The van der Waals surface area contributed by atoms with Crippen molar-refractivity contribution in [2.45, 2.75) is 37.8 Å². The first-order valence-corrected chi connectivity index (χ1v) is 9.27. The molecule has 144 valence electrons. The van der Waals surface area contributed by atoms with Gasteiger partial charge in [-0.25, -0.2) is 4.98 Å². The molecule has 2 aromatic rings. The Kier molecular flexibility index (Phi) is 6.11. The van der Waals surface area contributed by atoms with Crippen molar-refractivity contribution in [1.82, 2.24) is 15.3 Å². The molecule has 1 aliphatic rings. The summed E-state index contributed by atoms with van der Waals surface area (Å²) in [6.45, 7) is 0. The molecule has 27 heavy (non-hydrogen) atoms. The molecule has 1 saturated carbocycles. The number of hydrogen-bond acceptors (Lipinski definition) is 6. The first-order chi connectivity index (χ1) is 13.0. The fourth-order valence-corrected chi connectivity index (χ4v) is 3.27. The van der Waals surface area contributed by atoms with Crippen molar-refractivity contribution >= 4 is 17.7 Å². The zero-order chi connectivity index (χ0) is 19.2. The number of carbonyl (C=O) groups is 1. The number of carbonyl (C=O) groups excluding carboxylic acids is 1. The van der Waals surface area contributed by atoms with Crippen LogP contribution in [-0.2, 0) is 0 Å².